The lowest BCUT2D eigenvalue weighted by atomic mass is 10.1. The molecule has 0 unspecified atom stereocenters. The molecule has 0 fully saturated rings. The predicted molar refractivity (Wildman–Crippen MR) is 142 cm³/mol. The molecule has 192 valence electrons. The summed E-state index contributed by atoms with van der Waals surface area (Å²) in [7, 11) is 0.145. The first-order chi connectivity index (χ1) is 17.1. The molecule has 0 amide bonds. The molecule has 12 heteroatoms. The Balaban J connectivity index is 2.11. The molecule has 0 spiro atoms. The van der Waals surface area contributed by atoms with Gasteiger partial charge in [0.2, 0.25) is 0 Å². The topological polar surface area (TPSA) is 119 Å². The van der Waals surface area contributed by atoms with Crippen molar-refractivity contribution in [2.24, 2.45) is 0 Å². The van der Waals surface area contributed by atoms with Crippen LogP contribution < -0.4 is 4.74 Å². The third-order valence-corrected chi connectivity index (χ3v) is 8.05. The van der Waals surface area contributed by atoms with Crippen LogP contribution >= 0.6 is 23.4 Å². The van der Waals surface area contributed by atoms with Gasteiger partial charge < -0.3 is 19.3 Å². The van der Waals surface area contributed by atoms with E-state index in [0.29, 0.717) is 44.8 Å². The zero-order valence-electron chi connectivity index (χ0n) is 20.9. The van der Waals surface area contributed by atoms with Gasteiger partial charge >= 0.3 is 5.97 Å². The Labute approximate surface area is 220 Å². The highest BCUT2D eigenvalue weighted by molar-refractivity contribution is 7.99. The highest BCUT2D eigenvalue weighted by Crippen LogP contribution is 2.40. The molecule has 3 aromatic rings. The van der Waals surface area contributed by atoms with Gasteiger partial charge in [-0.25, -0.2) is 9.97 Å². The van der Waals surface area contributed by atoms with E-state index in [4.69, 9.17) is 25.8 Å². The molecule has 0 aliphatic carbocycles. The summed E-state index contributed by atoms with van der Waals surface area (Å²) >= 11 is 7.65. The summed E-state index contributed by atoms with van der Waals surface area (Å²) in [6, 6.07) is 7.79. The van der Waals surface area contributed by atoms with Crippen LogP contribution in [-0.2, 0) is 21.0 Å². The van der Waals surface area contributed by atoms with Crippen LogP contribution in [0.4, 0.5) is 0 Å². The van der Waals surface area contributed by atoms with Crippen LogP contribution in [0.25, 0.3) is 22.3 Å². The zero-order valence-corrected chi connectivity index (χ0v) is 23.5. The maximum absolute atomic E-state index is 11.9. The van der Waals surface area contributed by atoms with E-state index in [9.17, 15) is 15.2 Å². The number of nitriles is 1. The zero-order chi connectivity index (χ0) is 26.5. The van der Waals surface area contributed by atoms with Gasteiger partial charge in [0.15, 0.2) is 16.7 Å². The van der Waals surface area contributed by atoms with Crippen LogP contribution in [0, 0.1) is 11.3 Å². The molecular formula is C24H29ClN4O5SSi. The quantitative estimate of drug-likeness (QED) is 0.112. The van der Waals surface area contributed by atoms with Gasteiger partial charge in [-0.15, -0.1) is 0 Å². The van der Waals surface area contributed by atoms with Gasteiger partial charge in [0.25, 0.3) is 0 Å². The first-order valence-corrected chi connectivity index (χ1v) is 16.4. The van der Waals surface area contributed by atoms with Gasteiger partial charge in [-0.1, -0.05) is 43.0 Å². The Bertz CT molecular complexity index is 1300. The average molecular weight is 549 g/mol. The van der Waals surface area contributed by atoms with E-state index in [0.717, 1.165) is 17.8 Å². The van der Waals surface area contributed by atoms with Crippen LogP contribution in [0.3, 0.4) is 0 Å². The number of aromatic hydroxyl groups is 1. The van der Waals surface area contributed by atoms with Gasteiger partial charge in [0, 0.05) is 31.7 Å². The molecule has 0 aliphatic heterocycles. The summed E-state index contributed by atoms with van der Waals surface area (Å²) in [5.74, 6) is -0.273. The minimum absolute atomic E-state index is 0.0128. The van der Waals surface area contributed by atoms with Crippen molar-refractivity contribution in [1.82, 2.24) is 14.5 Å². The highest BCUT2D eigenvalue weighted by atomic mass is 35.5. The summed E-state index contributed by atoms with van der Waals surface area (Å²) in [5.41, 5.74) is 1.64. The monoisotopic (exact) mass is 548 g/mol. The van der Waals surface area contributed by atoms with Crippen LogP contribution in [0.5, 0.6) is 11.5 Å². The van der Waals surface area contributed by atoms with E-state index in [-0.39, 0.29) is 30.6 Å². The van der Waals surface area contributed by atoms with Crippen molar-refractivity contribution >= 4 is 48.4 Å². The smallest absolute Gasteiger partial charge is 0.316 e. The van der Waals surface area contributed by atoms with E-state index < -0.39 is 14.0 Å². The summed E-state index contributed by atoms with van der Waals surface area (Å²) < 4.78 is 17.8. The second-order valence-electron chi connectivity index (χ2n) is 9.11. The SMILES string of the molecule is CCOC(=O)CSc1nc(-c2cc(O)c(OC)cc2Cl)c2cc(C#N)n(COCC[Si](C)(C)C)c2n1. The van der Waals surface area contributed by atoms with Crippen LogP contribution in [0.15, 0.2) is 23.4 Å². The number of esters is 1. The normalized spacial score (nSPS) is 11.5. The largest absolute Gasteiger partial charge is 0.504 e. The number of phenols is 1. The fourth-order valence-corrected chi connectivity index (χ4v) is 4.98. The van der Waals surface area contributed by atoms with Gasteiger partial charge in [-0.05, 0) is 25.1 Å². The number of thioether (sulfide) groups is 1. The maximum atomic E-state index is 11.9. The van der Waals surface area contributed by atoms with Crippen LogP contribution in [0.2, 0.25) is 30.7 Å². The Hall–Kier alpha value is -2.78. The fraction of sp³-hybridized carbons (Fsp3) is 0.417. The van der Waals surface area contributed by atoms with Crippen molar-refractivity contribution in [2.45, 2.75) is 44.5 Å². The van der Waals surface area contributed by atoms with Gasteiger partial charge in [-0.2, -0.15) is 5.26 Å². The summed E-state index contributed by atoms with van der Waals surface area (Å²) in [6.45, 7) is 9.51. The highest BCUT2D eigenvalue weighted by Gasteiger charge is 2.21. The van der Waals surface area contributed by atoms with Crippen LogP contribution in [-0.4, -0.2) is 59.8 Å². The Morgan fingerprint density at radius 2 is 2.03 bits per heavy atom. The van der Waals surface area contributed by atoms with Crippen molar-refractivity contribution in [1.29, 1.82) is 5.26 Å². The first-order valence-electron chi connectivity index (χ1n) is 11.3. The number of ether oxygens (including phenoxy) is 3. The number of rotatable bonds is 11. The molecular weight excluding hydrogens is 520 g/mol. The van der Waals surface area contributed by atoms with Crippen molar-refractivity contribution in [3.8, 4) is 28.8 Å². The van der Waals surface area contributed by atoms with E-state index in [1.165, 1.54) is 19.2 Å². The molecule has 1 N–H and O–H groups in total. The van der Waals surface area contributed by atoms with Gasteiger partial charge in [-0.3, -0.25) is 9.36 Å². The molecule has 9 nitrogen and oxygen atoms in total. The number of hydrogen-bond donors (Lipinski definition) is 1. The number of nitrogens with zero attached hydrogens (tertiary/aromatic N) is 4. The molecule has 3 rings (SSSR count). The van der Waals surface area contributed by atoms with Crippen molar-refractivity contribution in [2.75, 3.05) is 26.1 Å². The van der Waals surface area contributed by atoms with E-state index in [2.05, 4.69) is 35.7 Å². The number of hydrogen-bond acceptors (Lipinski definition) is 9. The van der Waals surface area contributed by atoms with E-state index >= 15 is 0 Å². The Morgan fingerprint density at radius 1 is 1.28 bits per heavy atom. The lowest BCUT2D eigenvalue weighted by Gasteiger charge is -2.16. The molecule has 0 atom stereocenters. The van der Waals surface area contributed by atoms with Crippen LogP contribution in [0.1, 0.15) is 12.6 Å². The lowest BCUT2D eigenvalue weighted by Crippen LogP contribution is -2.22. The number of fused-ring (bicyclic) bond motifs is 1. The summed E-state index contributed by atoms with van der Waals surface area (Å²) in [5, 5.41) is 21.4. The number of carbonyl (C=O) groups is 1. The van der Waals surface area contributed by atoms with Gasteiger partial charge in [0.05, 0.1) is 30.2 Å². The molecule has 0 saturated carbocycles. The number of aromatic nitrogens is 3. The molecule has 0 bridgehead atoms. The fourth-order valence-electron chi connectivity index (χ4n) is 3.35. The molecule has 1 aromatic carbocycles. The second-order valence-corrected chi connectivity index (χ2v) is 16.1. The molecule has 2 heterocycles. The van der Waals surface area contributed by atoms with Crippen molar-refractivity contribution in [3.05, 3.63) is 28.9 Å². The molecule has 36 heavy (non-hydrogen) atoms. The van der Waals surface area contributed by atoms with Gasteiger partial charge in [0.1, 0.15) is 24.1 Å². The van der Waals surface area contributed by atoms with E-state index in [1.54, 1.807) is 17.6 Å². The standard InChI is InChI=1S/C24H29ClN4O5SSi/c1-6-34-21(31)13-35-24-27-22(16-10-19(30)20(32-2)11-18(16)25)17-9-15(12-26)29(23(17)28-24)14-33-7-8-36(3,4)5/h9-11,30H,6-8,13-14H2,1-5H3. The molecule has 0 saturated heterocycles. The van der Waals surface area contributed by atoms with Crippen molar-refractivity contribution in [3.63, 3.8) is 0 Å². The third-order valence-electron chi connectivity index (χ3n) is 5.21. The minimum atomic E-state index is -1.29. The minimum Gasteiger partial charge on any atom is -0.504 e. The van der Waals surface area contributed by atoms with Crippen molar-refractivity contribution < 1.29 is 24.1 Å². The molecule has 2 aromatic heterocycles. The maximum Gasteiger partial charge on any atom is 0.316 e. The number of carbonyl (C=O) groups excluding carboxylic acids is 1. The lowest BCUT2D eigenvalue weighted by molar-refractivity contribution is -0.139. The predicted octanol–water partition coefficient (Wildman–Crippen LogP) is 5.31. The number of methoxy groups -OCH3 is 1. The Kier molecular flexibility index (Phi) is 9.24. The molecule has 0 aliphatic rings. The Morgan fingerprint density at radius 3 is 2.67 bits per heavy atom. The molecule has 0 radical (unpaired) electrons. The summed E-state index contributed by atoms with van der Waals surface area (Å²) in [4.78, 5) is 21.2. The number of halogens is 1. The average Bonchev–Trinajstić information content (AvgIpc) is 3.18. The number of benzene rings is 1. The third kappa shape index (κ3) is 6.70. The van der Waals surface area contributed by atoms with E-state index in [1.807, 2.05) is 0 Å². The second kappa shape index (κ2) is 12.0. The first kappa shape index (κ1) is 27.8. The number of phenolic OH excluding ortho intramolecular Hbond substituents is 1. The summed E-state index contributed by atoms with van der Waals surface area (Å²) in [6.07, 6.45) is 0.